The van der Waals surface area contributed by atoms with Crippen LogP contribution in [0.25, 0.3) is 0 Å². The van der Waals surface area contributed by atoms with Crippen molar-refractivity contribution in [1.82, 2.24) is 5.32 Å². The Labute approximate surface area is 116 Å². The molecule has 0 spiro atoms. The lowest BCUT2D eigenvalue weighted by Crippen LogP contribution is -2.18. The monoisotopic (exact) mass is 279 g/mol. The highest BCUT2D eigenvalue weighted by Crippen LogP contribution is 2.25. The third kappa shape index (κ3) is 4.04. The Morgan fingerprint density at radius 1 is 1.05 bits per heavy atom. The van der Waals surface area contributed by atoms with Gasteiger partial charge in [-0.2, -0.15) is 0 Å². The number of nitrogens with one attached hydrogen (secondary N) is 1. The van der Waals surface area contributed by atoms with Crippen molar-refractivity contribution in [2.24, 2.45) is 0 Å². The van der Waals surface area contributed by atoms with Crippen LogP contribution in [0.1, 0.15) is 11.6 Å². The lowest BCUT2D eigenvalue weighted by Gasteiger charge is -2.16. The zero-order chi connectivity index (χ0) is 13.7. The molecule has 0 aliphatic rings. The van der Waals surface area contributed by atoms with Crippen molar-refractivity contribution in [2.75, 3.05) is 12.8 Å². The molecular formula is C15H15F2NS. The second-order valence-corrected chi connectivity index (χ2v) is 5.26. The van der Waals surface area contributed by atoms with Crippen molar-refractivity contribution in [2.45, 2.75) is 10.9 Å². The van der Waals surface area contributed by atoms with Crippen LogP contribution in [0.3, 0.4) is 0 Å². The molecule has 2 aromatic carbocycles. The van der Waals surface area contributed by atoms with E-state index in [0.717, 1.165) is 10.5 Å². The van der Waals surface area contributed by atoms with Crippen molar-refractivity contribution in [3.8, 4) is 0 Å². The molecule has 0 saturated carbocycles. The second kappa shape index (κ2) is 6.68. The second-order valence-electron chi connectivity index (χ2n) is 4.16. The molecule has 0 radical (unpaired) electrons. The Kier molecular flexibility index (Phi) is 4.93. The van der Waals surface area contributed by atoms with E-state index in [9.17, 15) is 8.78 Å². The van der Waals surface area contributed by atoms with Crippen LogP contribution in [-0.4, -0.2) is 12.8 Å². The number of thioether (sulfide) groups is 1. The molecule has 0 aromatic heterocycles. The van der Waals surface area contributed by atoms with Gasteiger partial charge in [-0.15, -0.1) is 11.8 Å². The molecule has 2 aromatic rings. The summed E-state index contributed by atoms with van der Waals surface area (Å²) in [5.74, 6) is 0.230. The van der Waals surface area contributed by atoms with E-state index in [-0.39, 0.29) is 17.7 Å². The van der Waals surface area contributed by atoms with Crippen LogP contribution in [0.2, 0.25) is 0 Å². The Balaban J connectivity index is 2.04. The maximum atomic E-state index is 13.2. The number of rotatable bonds is 5. The first-order valence-corrected chi connectivity index (χ1v) is 6.98. The smallest absolute Gasteiger partial charge is 0.124 e. The van der Waals surface area contributed by atoms with Crippen molar-refractivity contribution in [3.05, 3.63) is 65.7 Å². The molecule has 2 rings (SSSR count). The van der Waals surface area contributed by atoms with Crippen molar-refractivity contribution >= 4 is 11.8 Å². The molecule has 100 valence electrons. The van der Waals surface area contributed by atoms with E-state index >= 15 is 0 Å². The van der Waals surface area contributed by atoms with Crippen LogP contribution in [0.5, 0.6) is 0 Å². The van der Waals surface area contributed by atoms with Crippen molar-refractivity contribution in [3.63, 3.8) is 0 Å². The molecule has 19 heavy (non-hydrogen) atoms. The summed E-state index contributed by atoms with van der Waals surface area (Å²) in [6.07, 6.45) is 0. The zero-order valence-electron chi connectivity index (χ0n) is 10.6. The quantitative estimate of drug-likeness (QED) is 0.830. The average molecular weight is 279 g/mol. The van der Waals surface area contributed by atoms with Crippen LogP contribution >= 0.6 is 11.8 Å². The molecule has 0 aliphatic carbocycles. The standard InChI is InChI=1S/C15H15F2NS/c1-18-15(11-4-2-5-12(16)8-11)10-19-14-7-3-6-13(17)9-14/h2-9,15,18H,10H2,1H3. The first kappa shape index (κ1) is 14.0. The summed E-state index contributed by atoms with van der Waals surface area (Å²) < 4.78 is 26.3. The van der Waals surface area contributed by atoms with Gasteiger partial charge in [-0.25, -0.2) is 8.78 Å². The maximum Gasteiger partial charge on any atom is 0.124 e. The third-order valence-corrected chi connectivity index (χ3v) is 3.90. The van der Waals surface area contributed by atoms with Crippen molar-refractivity contribution < 1.29 is 8.78 Å². The van der Waals surface area contributed by atoms with Crippen LogP contribution < -0.4 is 5.32 Å². The minimum atomic E-state index is -0.242. The lowest BCUT2D eigenvalue weighted by molar-refractivity contribution is 0.611. The lowest BCUT2D eigenvalue weighted by atomic mass is 10.1. The van der Waals surface area contributed by atoms with Gasteiger partial charge >= 0.3 is 0 Å². The van der Waals surface area contributed by atoms with E-state index in [2.05, 4.69) is 5.32 Å². The normalized spacial score (nSPS) is 12.4. The molecule has 0 amide bonds. The van der Waals surface area contributed by atoms with E-state index in [1.807, 2.05) is 19.2 Å². The van der Waals surface area contributed by atoms with E-state index in [1.165, 1.54) is 24.3 Å². The highest BCUT2D eigenvalue weighted by molar-refractivity contribution is 7.99. The van der Waals surface area contributed by atoms with Gasteiger partial charge in [0.25, 0.3) is 0 Å². The number of halogens is 2. The minimum absolute atomic E-state index is 0.0315. The molecule has 0 fully saturated rings. The first-order chi connectivity index (χ1) is 9.19. The zero-order valence-corrected chi connectivity index (χ0v) is 11.4. The summed E-state index contributed by atoms with van der Waals surface area (Å²) >= 11 is 1.54. The van der Waals surface area contributed by atoms with Gasteiger partial charge in [0.2, 0.25) is 0 Å². The first-order valence-electron chi connectivity index (χ1n) is 6.00. The van der Waals surface area contributed by atoms with E-state index in [1.54, 1.807) is 23.9 Å². The predicted octanol–water partition coefficient (Wildman–Crippen LogP) is 4.02. The molecule has 1 unspecified atom stereocenters. The van der Waals surface area contributed by atoms with Crippen LogP contribution in [-0.2, 0) is 0 Å². The van der Waals surface area contributed by atoms with Gasteiger partial charge in [0, 0.05) is 16.7 Å². The van der Waals surface area contributed by atoms with Gasteiger partial charge in [0.05, 0.1) is 0 Å². The van der Waals surface area contributed by atoms with Gasteiger partial charge in [-0.3, -0.25) is 0 Å². The van der Waals surface area contributed by atoms with Crippen LogP contribution in [0.4, 0.5) is 8.78 Å². The van der Waals surface area contributed by atoms with Crippen LogP contribution in [0, 0.1) is 11.6 Å². The van der Waals surface area contributed by atoms with Gasteiger partial charge in [0.1, 0.15) is 11.6 Å². The fourth-order valence-corrected chi connectivity index (χ4v) is 2.89. The van der Waals surface area contributed by atoms with Gasteiger partial charge < -0.3 is 5.32 Å². The Morgan fingerprint density at radius 2 is 1.74 bits per heavy atom. The minimum Gasteiger partial charge on any atom is -0.312 e. The largest absolute Gasteiger partial charge is 0.312 e. The predicted molar refractivity (Wildman–Crippen MR) is 75.3 cm³/mol. The summed E-state index contributed by atoms with van der Waals surface area (Å²) in [6.45, 7) is 0. The number of hydrogen-bond donors (Lipinski definition) is 1. The fourth-order valence-electron chi connectivity index (χ4n) is 1.81. The average Bonchev–Trinajstić information content (AvgIpc) is 2.40. The van der Waals surface area contributed by atoms with Gasteiger partial charge in [0.15, 0.2) is 0 Å². The molecule has 4 heteroatoms. The molecule has 0 saturated heterocycles. The molecule has 1 N–H and O–H groups in total. The van der Waals surface area contributed by atoms with Gasteiger partial charge in [-0.05, 0) is 42.9 Å². The van der Waals surface area contributed by atoms with E-state index < -0.39 is 0 Å². The third-order valence-electron chi connectivity index (χ3n) is 2.81. The summed E-state index contributed by atoms with van der Waals surface area (Å²) in [5.41, 5.74) is 0.895. The highest BCUT2D eigenvalue weighted by atomic mass is 32.2. The highest BCUT2D eigenvalue weighted by Gasteiger charge is 2.10. The van der Waals surface area contributed by atoms with Crippen LogP contribution in [0.15, 0.2) is 53.4 Å². The Morgan fingerprint density at radius 3 is 2.37 bits per heavy atom. The maximum absolute atomic E-state index is 13.2. The molecule has 0 bridgehead atoms. The summed E-state index contributed by atoms with van der Waals surface area (Å²) in [5, 5.41) is 3.15. The molecule has 0 heterocycles. The summed E-state index contributed by atoms with van der Waals surface area (Å²) in [4.78, 5) is 0.872. The SMILES string of the molecule is CNC(CSc1cccc(F)c1)c1cccc(F)c1. The summed E-state index contributed by atoms with van der Waals surface area (Å²) in [7, 11) is 1.84. The Bertz CT molecular complexity index is 545. The fraction of sp³-hybridized carbons (Fsp3) is 0.200. The molecular weight excluding hydrogens is 264 g/mol. The number of hydrogen-bond acceptors (Lipinski definition) is 2. The molecule has 1 atom stereocenters. The topological polar surface area (TPSA) is 12.0 Å². The summed E-state index contributed by atoms with van der Waals surface area (Å²) in [6, 6.07) is 13.0. The van der Waals surface area contributed by atoms with E-state index in [0.29, 0.717) is 5.75 Å². The van der Waals surface area contributed by atoms with Gasteiger partial charge in [-0.1, -0.05) is 18.2 Å². The number of benzene rings is 2. The molecule has 1 nitrogen and oxygen atoms in total. The molecule has 0 aliphatic heterocycles. The Hall–Kier alpha value is -1.39. The van der Waals surface area contributed by atoms with Crippen molar-refractivity contribution in [1.29, 1.82) is 0 Å². The van der Waals surface area contributed by atoms with E-state index in [4.69, 9.17) is 0 Å².